The first-order chi connectivity index (χ1) is 9.15. The first-order valence-electron chi connectivity index (χ1n) is 8.21. The first kappa shape index (κ1) is 15.3. The highest BCUT2D eigenvalue weighted by molar-refractivity contribution is 4.82. The molecule has 1 heterocycles. The number of rotatable bonds is 5. The molecule has 3 unspecified atom stereocenters. The average molecular weight is 268 g/mol. The fraction of sp³-hybridized carbons (Fsp3) is 1.00. The van der Waals surface area contributed by atoms with Crippen molar-refractivity contribution in [3.05, 3.63) is 0 Å². The summed E-state index contributed by atoms with van der Waals surface area (Å²) < 4.78 is 5.41. The second kappa shape index (κ2) is 7.61. The van der Waals surface area contributed by atoms with Crippen LogP contribution in [0.15, 0.2) is 0 Å². The molecule has 0 amide bonds. The zero-order valence-corrected chi connectivity index (χ0v) is 13.0. The van der Waals surface area contributed by atoms with Crippen molar-refractivity contribution < 1.29 is 4.74 Å². The molecule has 0 radical (unpaired) electrons. The third kappa shape index (κ3) is 5.05. The smallest absolute Gasteiger partial charge is 0.0594 e. The molecule has 1 N–H and O–H groups in total. The monoisotopic (exact) mass is 268 g/mol. The van der Waals surface area contributed by atoms with Gasteiger partial charge in [0, 0.05) is 31.7 Å². The van der Waals surface area contributed by atoms with E-state index in [0.29, 0.717) is 6.04 Å². The van der Waals surface area contributed by atoms with Gasteiger partial charge in [-0.1, -0.05) is 26.7 Å². The molecule has 1 aliphatic carbocycles. The lowest BCUT2D eigenvalue weighted by Crippen LogP contribution is -2.48. The van der Waals surface area contributed by atoms with Crippen LogP contribution in [-0.2, 0) is 4.74 Å². The molecule has 112 valence electrons. The molecule has 1 saturated heterocycles. The molecule has 0 aromatic heterocycles. The lowest BCUT2D eigenvalue weighted by molar-refractivity contribution is 0.0332. The number of nitrogens with one attached hydrogen (secondary N) is 1. The molecule has 19 heavy (non-hydrogen) atoms. The molecule has 0 bridgehead atoms. The van der Waals surface area contributed by atoms with Crippen LogP contribution in [0.25, 0.3) is 0 Å². The molecule has 3 nitrogen and oxygen atoms in total. The lowest BCUT2D eigenvalue weighted by atomic mass is 9.79. The molecule has 2 fully saturated rings. The summed E-state index contributed by atoms with van der Waals surface area (Å²) in [6, 6.07) is 1.35. The molecular formula is C16H32N2O. The maximum Gasteiger partial charge on any atom is 0.0594 e. The fourth-order valence-corrected chi connectivity index (χ4v) is 3.61. The molecular weight excluding hydrogens is 236 g/mol. The topological polar surface area (TPSA) is 24.5 Å². The standard InChI is InChI=1S/C16H32N2O/c1-13(2)15-5-4-6-16(11-15)17-14(3)12-18-7-9-19-10-8-18/h13-17H,4-12H2,1-3H3. The molecule has 2 rings (SSSR count). The van der Waals surface area contributed by atoms with E-state index in [1.807, 2.05) is 0 Å². The van der Waals surface area contributed by atoms with Gasteiger partial charge in [-0.2, -0.15) is 0 Å². The summed E-state index contributed by atoms with van der Waals surface area (Å²) in [6.07, 6.45) is 5.60. The Kier molecular flexibility index (Phi) is 6.11. The average Bonchev–Trinajstić information content (AvgIpc) is 2.40. The minimum Gasteiger partial charge on any atom is -0.379 e. The van der Waals surface area contributed by atoms with Crippen molar-refractivity contribution in [3.63, 3.8) is 0 Å². The van der Waals surface area contributed by atoms with Crippen LogP contribution in [0.3, 0.4) is 0 Å². The van der Waals surface area contributed by atoms with E-state index < -0.39 is 0 Å². The first-order valence-corrected chi connectivity index (χ1v) is 8.21. The Balaban J connectivity index is 1.70. The third-order valence-corrected chi connectivity index (χ3v) is 4.81. The minimum atomic E-state index is 0.606. The fourth-order valence-electron chi connectivity index (χ4n) is 3.61. The molecule has 0 aromatic rings. The van der Waals surface area contributed by atoms with Gasteiger partial charge in [0.15, 0.2) is 0 Å². The molecule has 0 spiro atoms. The maximum atomic E-state index is 5.41. The van der Waals surface area contributed by atoms with Crippen molar-refractivity contribution in [3.8, 4) is 0 Å². The van der Waals surface area contributed by atoms with Crippen LogP contribution in [0.1, 0.15) is 46.5 Å². The number of morpholine rings is 1. The summed E-state index contributed by atoms with van der Waals surface area (Å²) in [5, 5.41) is 3.87. The van der Waals surface area contributed by atoms with Gasteiger partial charge in [-0.3, -0.25) is 4.90 Å². The lowest BCUT2D eigenvalue weighted by Gasteiger charge is -2.35. The van der Waals surface area contributed by atoms with Crippen LogP contribution in [0.4, 0.5) is 0 Å². The van der Waals surface area contributed by atoms with Gasteiger partial charge in [-0.05, 0) is 31.6 Å². The van der Waals surface area contributed by atoms with E-state index in [1.54, 1.807) is 0 Å². The quantitative estimate of drug-likeness (QED) is 0.829. The second-order valence-corrected chi connectivity index (χ2v) is 6.85. The zero-order chi connectivity index (χ0) is 13.7. The van der Waals surface area contributed by atoms with Crippen molar-refractivity contribution in [2.24, 2.45) is 11.8 Å². The Labute approximate surface area is 119 Å². The van der Waals surface area contributed by atoms with Gasteiger partial charge in [0.05, 0.1) is 13.2 Å². The van der Waals surface area contributed by atoms with Crippen molar-refractivity contribution in [2.45, 2.75) is 58.5 Å². The van der Waals surface area contributed by atoms with Crippen LogP contribution in [0.5, 0.6) is 0 Å². The summed E-state index contributed by atoms with van der Waals surface area (Å²) in [5.74, 6) is 1.78. The van der Waals surface area contributed by atoms with E-state index in [-0.39, 0.29) is 0 Å². The van der Waals surface area contributed by atoms with Gasteiger partial charge < -0.3 is 10.1 Å². The highest BCUT2D eigenvalue weighted by Crippen LogP contribution is 2.30. The van der Waals surface area contributed by atoms with E-state index in [4.69, 9.17) is 4.74 Å². The van der Waals surface area contributed by atoms with Crippen LogP contribution in [0.2, 0.25) is 0 Å². The normalized spacial score (nSPS) is 31.6. The molecule has 1 saturated carbocycles. The number of nitrogens with zero attached hydrogens (tertiary/aromatic N) is 1. The molecule has 3 heteroatoms. The highest BCUT2D eigenvalue weighted by atomic mass is 16.5. The number of hydrogen-bond acceptors (Lipinski definition) is 3. The van der Waals surface area contributed by atoms with Gasteiger partial charge in [0.1, 0.15) is 0 Å². The molecule has 0 aromatic carbocycles. The number of ether oxygens (including phenoxy) is 1. The number of hydrogen-bond donors (Lipinski definition) is 1. The van der Waals surface area contributed by atoms with E-state index >= 15 is 0 Å². The molecule has 1 aliphatic heterocycles. The van der Waals surface area contributed by atoms with E-state index in [9.17, 15) is 0 Å². The Hall–Kier alpha value is -0.120. The Morgan fingerprint density at radius 2 is 1.89 bits per heavy atom. The second-order valence-electron chi connectivity index (χ2n) is 6.85. The van der Waals surface area contributed by atoms with E-state index in [0.717, 1.165) is 44.2 Å². The van der Waals surface area contributed by atoms with Gasteiger partial charge in [-0.15, -0.1) is 0 Å². The predicted octanol–water partition coefficient (Wildman–Crippen LogP) is 2.51. The summed E-state index contributed by atoms with van der Waals surface area (Å²) in [6.45, 7) is 12.3. The Morgan fingerprint density at radius 1 is 1.16 bits per heavy atom. The van der Waals surface area contributed by atoms with Crippen molar-refractivity contribution >= 4 is 0 Å². The van der Waals surface area contributed by atoms with Crippen molar-refractivity contribution in [1.29, 1.82) is 0 Å². The van der Waals surface area contributed by atoms with E-state index in [1.165, 1.54) is 32.2 Å². The van der Waals surface area contributed by atoms with Crippen LogP contribution < -0.4 is 5.32 Å². The summed E-state index contributed by atoms with van der Waals surface area (Å²) in [5.41, 5.74) is 0. The van der Waals surface area contributed by atoms with Crippen LogP contribution in [0, 0.1) is 11.8 Å². The predicted molar refractivity (Wildman–Crippen MR) is 80.4 cm³/mol. The van der Waals surface area contributed by atoms with Crippen LogP contribution in [-0.4, -0.2) is 49.8 Å². The third-order valence-electron chi connectivity index (χ3n) is 4.81. The van der Waals surface area contributed by atoms with Gasteiger partial charge in [0.25, 0.3) is 0 Å². The van der Waals surface area contributed by atoms with Gasteiger partial charge in [-0.25, -0.2) is 0 Å². The summed E-state index contributed by atoms with van der Waals surface area (Å²) in [4.78, 5) is 2.53. The van der Waals surface area contributed by atoms with Gasteiger partial charge in [0.2, 0.25) is 0 Å². The SMILES string of the molecule is CC(CN1CCOCC1)NC1CCCC(C(C)C)C1. The minimum absolute atomic E-state index is 0.606. The van der Waals surface area contributed by atoms with Crippen molar-refractivity contribution in [1.82, 2.24) is 10.2 Å². The van der Waals surface area contributed by atoms with Crippen molar-refractivity contribution in [2.75, 3.05) is 32.8 Å². The molecule has 2 aliphatic rings. The van der Waals surface area contributed by atoms with Gasteiger partial charge >= 0.3 is 0 Å². The zero-order valence-electron chi connectivity index (χ0n) is 13.0. The molecule has 3 atom stereocenters. The summed E-state index contributed by atoms with van der Waals surface area (Å²) in [7, 11) is 0. The van der Waals surface area contributed by atoms with E-state index in [2.05, 4.69) is 31.0 Å². The summed E-state index contributed by atoms with van der Waals surface area (Å²) >= 11 is 0. The Bertz CT molecular complexity index is 251. The van der Waals surface area contributed by atoms with Crippen LogP contribution >= 0.6 is 0 Å². The largest absolute Gasteiger partial charge is 0.379 e. The maximum absolute atomic E-state index is 5.41. The Morgan fingerprint density at radius 3 is 2.58 bits per heavy atom. The highest BCUT2D eigenvalue weighted by Gasteiger charge is 2.25.